The Morgan fingerprint density at radius 2 is 2.06 bits per heavy atom. The fourth-order valence-electron chi connectivity index (χ4n) is 2.35. The molecular weight excluding hydrogens is 266 g/mol. The van der Waals surface area contributed by atoms with Crippen molar-refractivity contribution in [2.75, 3.05) is 0 Å². The molecule has 2 aliphatic carbocycles. The second kappa shape index (κ2) is 3.26. The van der Waals surface area contributed by atoms with Gasteiger partial charge >= 0.3 is 0 Å². The van der Waals surface area contributed by atoms with Crippen LogP contribution in [0.3, 0.4) is 0 Å². The summed E-state index contributed by atoms with van der Waals surface area (Å²) in [5, 5.41) is 0. The van der Waals surface area contributed by atoms with E-state index in [1.165, 1.54) is 12.8 Å². The monoisotopic (exact) mass is 281 g/mol. The average molecular weight is 282 g/mol. The van der Waals surface area contributed by atoms with Crippen LogP contribution in [-0.4, -0.2) is 16.0 Å². The van der Waals surface area contributed by atoms with Crippen molar-refractivity contribution in [3.8, 4) is 0 Å². The van der Waals surface area contributed by atoms with E-state index in [1.54, 1.807) is 0 Å². The lowest BCUT2D eigenvalue weighted by atomic mass is 10.1. The third-order valence-electron chi connectivity index (χ3n) is 3.94. The van der Waals surface area contributed by atoms with Gasteiger partial charge < -0.3 is 5.73 Å². The molecule has 0 spiro atoms. The lowest BCUT2D eigenvalue weighted by Crippen LogP contribution is -2.07. The molecule has 0 aliphatic heterocycles. The molecule has 1 aromatic heterocycles. The standard InChI is InChI=1S/C12H16BrN3/c1-12(2)8(10(12)14)9-7(13)5-15-11(16-9)6-3-4-6/h5-6,8,10H,3-4,14H2,1-2H3/t8-,10-/m1/s1. The molecular formula is C12H16BrN3. The Labute approximate surface area is 104 Å². The molecule has 4 heteroatoms. The second-order valence-electron chi connectivity index (χ2n) is 5.56. The van der Waals surface area contributed by atoms with Gasteiger partial charge in [-0.25, -0.2) is 9.97 Å². The SMILES string of the molecule is CC1(C)[C@H](N)[C@H]1c1nc(C2CC2)ncc1Br. The molecule has 0 amide bonds. The van der Waals surface area contributed by atoms with Gasteiger partial charge in [-0.3, -0.25) is 0 Å². The second-order valence-corrected chi connectivity index (χ2v) is 6.41. The Kier molecular flexibility index (Phi) is 2.17. The lowest BCUT2D eigenvalue weighted by Gasteiger charge is -2.06. The molecule has 2 N–H and O–H groups in total. The van der Waals surface area contributed by atoms with Crippen LogP contribution in [0.25, 0.3) is 0 Å². The fourth-order valence-corrected chi connectivity index (χ4v) is 2.79. The molecule has 1 aromatic rings. The maximum Gasteiger partial charge on any atom is 0.131 e. The van der Waals surface area contributed by atoms with Crippen molar-refractivity contribution in [2.45, 2.75) is 44.6 Å². The molecule has 1 heterocycles. The molecule has 0 bridgehead atoms. The Hall–Kier alpha value is -0.480. The summed E-state index contributed by atoms with van der Waals surface area (Å²) in [7, 11) is 0. The number of nitrogens with two attached hydrogens (primary N) is 1. The molecule has 3 rings (SSSR count). The van der Waals surface area contributed by atoms with Gasteiger partial charge in [-0.15, -0.1) is 0 Å². The number of rotatable bonds is 2. The highest BCUT2D eigenvalue weighted by atomic mass is 79.9. The smallest absolute Gasteiger partial charge is 0.131 e. The van der Waals surface area contributed by atoms with E-state index < -0.39 is 0 Å². The van der Waals surface area contributed by atoms with Crippen molar-refractivity contribution in [1.29, 1.82) is 0 Å². The highest BCUT2D eigenvalue weighted by Crippen LogP contribution is 2.58. The summed E-state index contributed by atoms with van der Waals surface area (Å²) < 4.78 is 1.00. The molecule has 2 saturated carbocycles. The summed E-state index contributed by atoms with van der Waals surface area (Å²) in [4.78, 5) is 9.09. The van der Waals surface area contributed by atoms with E-state index in [9.17, 15) is 0 Å². The van der Waals surface area contributed by atoms with E-state index >= 15 is 0 Å². The first kappa shape index (κ1) is 10.7. The molecule has 0 saturated heterocycles. The van der Waals surface area contributed by atoms with E-state index in [0.29, 0.717) is 11.8 Å². The Morgan fingerprint density at radius 1 is 1.44 bits per heavy atom. The summed E-state index contributed by atoms with van der Waals surface area (Å²) >= 11 is 3.54. The highest BCUT2D eigenvalue weighted by Gasteiger charge is 2.57. The first-order valence-electron chi connectivity index (χ1n) is 5.79. The summed E-state index contributed by atoms with van der Waals surface area (Å²) in [6, 6.07) is 0.228. The molecule has 2 aliphatic rings. The number of hydrogen-bond acceptors (Lipinski definition) is 3. The maximum atomic E-state index is 6.11. The first-order chi connectivity index (χ1) is 7.51. The topological polar surface area (TPSA) is 51.8 Å². The minimum Gasteiger partial charge on any atom is -0.327 e. The van der Waals surface area contributed by atoms with Gasteiger partial charge in [0.15, 0.2) is 0 Å². The predicted octanol–water partition coefficient (Wildman–Crippen LogP) is 2.57. The van der Waals surface area contributed by atoms with Crippen LogP contribution in [0.4, 0.5) is 0 Å². The van der Waals surface area contributed by atoms with Gasteiger partial charge in [0.1, 0.15) is 5.82 Å². The Morgan fingerprint density at radius 3 is 2.56 bits per heavy atom. The fraction of sp³-hybridized carbons (Fsp3) is 0.667. The van der Waals surface area contributed by atoms with Crippen LogP contribution < -0.4 is 5.73 Å². The number of aromatic nitrogens is 2. The maximum absolute atomic E-state index is 6.11. The van der Waals surface area contributed by atoms with Crippen molar-refractivity contribution in [3.63, 3.8) is 0 Å². The minimum atomic E-state index is 0.178. The summed E-state index contributed by atoms with van der Waals surface area (Å²) in [5.41, 5.74) is 7.39. The van der Waals surface area contributed by atoms with Gasteiger partial charge in [0.25, 0.3) is 0 Å². The van der Waals surface area contributed by atoms with Gasteiger partial charge in [0, 0.05) is 24.1 Å². The molecule has 0 aromatic carbocycles. The molecule has 86 valence electrons. The molecule has 0 radical (unpaired) electrons. The van der Waals surface area contributed by atoms with E-state index in [4.69, 9.17) is 10.7 Å². The van der Waals surface area contributed by atoms with Crippen LogP contribution in [0.2, 0.25) is 0 Å². The van der Waals surface area contributed by atoms with Crippen molar-refractivity contribution in [1.82, 2.24) is 9.97 Å². The lowest BCUT2D eigenvalue weighted by molar-refractivity contribution is 0.593. The van der Waals surface area contributed by atoms with Gasteiger partial charge in [0.2, 0.25) is 0 Å². The predicted molar refractivity (Wildman–Crippen MR) is 66.2 cm³/mol. The van der Waals surface area contributed by atoms with E-state index in [-0.39, 0.29) is 11.5 Å². The quantitative estimate of drug-likeness (QED) is 0.907. The third kappa shape index (κ3) is 1.51. The van der Waals surface area contributed by atoms with E-state index in [2.05, 4.69) is 34.8 Å². The Bertz CT molecular complexity index is 440. The van der Waals surface area contributed by atoms with Crippen molar-refractivity contribution < 1.29 is 0 Å². The third-order valence-corrected chi connectivity index (χ3v) is 4.55. The van der Waals surface area contributed by atoms with Gasteiger partial charge in [0.05, 0.1) is 10.2 Å². The van der Waals surface area contributed by atoms with Gasteiger partial charge in [-0.2, -0.15) is 0 Å². The van der Waals surface area contributed by atoms with Crippen LogP contribution in [0.15, 0.2) is 10.7 Å². The summed E-state index contributed by atoms with van der Waals surface area (Å²) in [6.07, 6.45) is 4.36. The summed E-state index contributed by atoms with van der Waals surface area (Å²) in [5.74, 6) is 1.99. The Balaban J connectivity index is 1.97. The normalized spacial score (nSPS) is 31.5. The zero-order valence-corrected chi connectivity index (χ0v) is 11.2. The zero-order chi connectivity index (χ0) is 11.5. The van der Waals surface area contributed by atoms with Crippen molar-refractivity contribution in [3.05, 3.63) is 22.2 Å². The first-order valence-corrected chi connectivity index (χ1v) is 6.59. The van der Waals surface area contributed by atoms with Crippen molar-refractivity contribution in [2.24, 2.45) is 11.1 Å². The zero-order valence-electron chi connectivity index (χ0n) is 9.57. The molecule has 2 fully saturated rings. The van der Waals surface area contributed by atoms with Crippen LogP contribution in [0, 0.1) is 5.41 Å². The van der Waals surface area contributed by atoms with Crippen LogP contribution in [-0.2, 0) is 0 Å². The van der Waals surface area contributed by atoms with E-state index in [1.807, 2.05) is 6.20 Å². The number of nitrogens with zero attached hydrogens (tertiary/aromatic N) is 2. The molecule has 3 nitrogen and oxygen atoms in total. The number of hydrogen-bond donors (Lipinski definition) is 1. The largest absolute Gasteiger partial charge is 0.327 e. The van der Waals surface area contributed by atoms with Crippen LogP contribution in [0.1, 0.15) is 50.0 Å². The molecule has 0 unspecified atom stereocenters. The minimum absolute atomic E-state index is 0.178. The van der Waals surface area contributed by atoms with E-state index in [0.717, 1.165) is 16.0 Å². The molecule has 16 heavy (non-hydrogen) atoms. The van der Waals surface area contributed by atoms with Gasteiger partial charge in [-0.1, -0.05) is 13.8 Å². The summed E-state index contributed by atoms with van der Waals surface area (Å²) in [6.45, 7) is 4.40. The van der Waals surface area contributed by atoms with Crippen LogP contribution >= 0.6 is 15.9 Å². The van der Waals surface area contributed by atoms with Crippen molar-refractivity contribution >= 4 is 15.9 Å². The highest BCUT2D eigenvalue weighted by molar-refractivity contribution is 9.10. The van der Waals surface area contributed by atoms with Gasteiger partial charge in [-0.05, 0) is 34.2 Å². The average Bonchev–Trinajstić information content (AvgIpc) is 3.10. The van der Waals surface area contributed by atoms with Crippen LogP contribution in [0.5, 0.6) is 0 Å². The number of halogens is 1. The molecule has 2 atom stereocenters.